The van der Waals surface area contributed by atoms with Gasteiger partial charge in [0, 0.05) is 13.1 Å². The van der Waals surface area contributed by atoms with Gasteiger partial charge in [0.1, 0.15) is 13.2 Å². The Kier molecular flexibility index (Phi) is 4.11. The van der Waals surface area contributed by atoms with Crippen molar-refractivity contribution in [3.05, 3.63) is 0 Å². The SMILES string of the molecule is O=C(COCC(F)(F)F)N1C[C@@H](O)[C@@H](O)C1. The van der Waals surface area contributed by atoms with Gasteiger partial charge in [0.2, 0.25) is 5.91 Å². The van der Waals surface area contributed by atoms with E-state index in [0.29, 0.717) is 0 Å². The van der Waals surface area contributed by atoms with Gasteiger partial charge in [-0.25, -0.2) is 0 Å². The maximum atomic E-state index is 11.7. The number of halogens is 3. The van der Waals surface area contributed by atoms with E-state index in [2.05, 4.69) is 4.74 Å². The fourth-order valence-corrected chi connectivity index (χ4v) is 1.32. The molecule has 0 radical (unpaired) electrons. The van der Waals surface area contributed by atoms with Gasteiger partial charge in [-0.3, -0.25) is 4.79 Å². The van der Waals surface area contributed by atoms with Crippen molar-refractivity contribution in [2.45, 2.75) is 18.4 Å². The molecular formula is C8H12F3NO4. The highest BCUT2D eigenvalue weighted by molar-refractivity contribution is 5.77. The van der Waals surface area contributed by atoms with Gasteiger partial charge in [-0.1, -0.05) is 0 Å². The maximum absolute atomic E-state index is 11.7. The predicted molar refractivity (Wildman–Crippen MR) is 45.5 cm³/mol. The van der Waals surface area contributed by atoms with Crippen LogP contribution in [0.25, 0.3) is 0 Å². The van der Waals surface area contributed by atoms with Crippen LogP contribution in [0, 0.1) is 0 Å². The van der Waals surface area contributed by atoms with E-state index >= 15 is 0 Å². The second-order valence-electron chi connectivity index (χ2n) is 3.54. The molecule has 1 amide bonds. The Balaban J connectivity index is 2.26. The molecule has 1 saturated heterocycles. The van der Waals surface area contributed by atoms with Crippen LogP contribution < -0.4 is 0 Å². The molecule has 1 aliphatic heterocycles. The van der Waals surface area contributed by atoms with Crippen LogP contribution in [0.1, 0.15) is 0 Å². The normalized spacial score (nSPS) is 26.2. The molecule has 0 aromatic rings. The lowest BCUT2D eigenvalue weighted by atomic mass is 10.3. The zero-order valence-electron chi connectivity index (χ0n) is 8.28. The molecule has 0 saturated carbocycles. The van der Waals surface area contributed by atoms with Crippen molar-refractivity contribution in [3.63, 3.8) is 0 Å². The summed E-state index contributed by atoms with van der Waals surface area (Å²) in [6.07, 6.45) is -6.57. The van der Waals surface area contributed by atoms with Crippen molar-refractivity contribution in [1.29, 1.82) is 0 Å². The number of aliphatic hydroxyl groups is 2. The molecule has 0 aliphatic carbocycles. The number of rotatable bonds is 3. The molecule has 1 aliphatic rings. The Bertz CT molecular complexity index is 248. The van der Waals surface area contributed by atoms with E-state index in [-0.39, 0.29) is 13.1 Å². The smallest absolute Gasteiger partial charge is 0.388 e. The Morgan fingerprint density at radius 2 is 1.81 bits per heavy atom. The first kappa shape index (κ1) is 13.2. The van der Waals surface area contributed by atoms with Crippen LogP contribution in [0.4, 0.5) is 13.2 Å². The standard InChI is InChI=1S/C8H12F3NO4/c9-8(10,11)4-16-3-7(15)12-1-5(13)6(14)2-12/h5-6,13-14H,1-4H2/t5-,6+. The highest BCUT2D eigenvalue weighted by atomic mass is 19.4. The van der Waals surface area contributed by atoms with Crippen LogP contribution in [0.2, 0.25) is 0 Å². The molecular weight excluding hydrogens is 231 g/mol. The minimum absolute atomic E-state index is 0.0879. The van der Waals surface area contributed by atoms with Crippen molar-refractivity contribution in [2.24, 2.45) is 0 Å². The number of β-amino-alcohol motifs (C(OH)–C–C–N with tert-alkyl or cyclic N) is 2. The number of nitrogens with zero attached hydrogens (tertiary/aromatic N) is 1. The van der Waals surface area contributed by atoms with Crippen molar-refractivity contribution < 1.29 is 32.9 Å². The van der Waals surface area contributed by atoms with Gasteiger partial charge in [0.05, 0.1) is 12.2 Å². The number of alkyl halides is 3. The molecule has 94 valence electrons. The summed E-state index contributed by atoms with van der Waals surface area (Å²) in [5.41, 5.74) is 0. The summed E-state index contributed by atoms with van der Waals surface area (Å²) >= 11 is 0. The highest BCUT2D eigenvalue weighted by Crippen LogP contribution is 2.15. The molecule has 0 spiro atoms. The fraction of sp³-hybridized carbons (Fsp3) is 0.875. The number of aliphatic hydroxyl groups excluding tert-OH is 2. The number of hydrogen-bond acceptors (Lipinski definition) is 4. The molecule has 1 rings (SSSR count). The molecule has 0 aromatic carbocycles. The molecule has 0 aromatic heterocycles. The van der Waals surface area contributed by atoms with Gasteiger partial charge in [-0.05, 0) is 0 Å². The largest absolute Gasteiger partial charge is 0.411 e. The van der Waals surface area contributed by atoms with E-state index in [1.807, 2.05) is 0 Å². The zero-order chi connectivity index (χ0) is 12.3. The minimum atomic E-state index is -4.47. The summed E-state index contributed by atoms with van der Waals surface area (Å²) in [4.78, 5) is 12.3. The van der Waals surface area contributed by atoms with E-state index in [4.69, 9.17) is 10.2 Å². The van der Waals surface area contributed by atoms with Crippen molar-refractivity contribution >= 4 is 5.91 Å². The van der Waals surface area contributed by atoms with Crippen molar-refractivity contribution in [2.75, 3.05) is 26.3 Å². The first-order chi connectivity index (χ1) is 7.29. The Morgan fingerprint density at radius 1 is 1.31 bits per heavy atom. The number of amides is 1. The summed E-state index contributed by atoms with van der Waals surface area (Å²) in [5.74, 6) is -0.681. The van der Waals surface area contributed by atoms with E-state index in [0.717, 1.165) is 4.90 Å². The number of ether oxygens (including phenoxy) is 1. The third kappa shape index (κ3) is 3.95. The Labute approximate surface area is 89.4 Å². The fourth-order valence-electron chi connectivity index (χ4n) is 1.32. The Hall–Kier alpha value is -0.860. The molecule has 5 nitrogen and oxygen atoms in total. The molecule has 0 unspecified atom stereocenters. The van der Waals surface area contributed by atoms with Gasteiger partial charge < -0.3 is 19.8 Å². The molecule has 8 heteroatoms. The molecule has 0 bridgehead atoms. The highest BCUT2D eigenvalue weighted by Gasteiger charge is 2.33. The summed E-state index contributed by atoms with van der Waals surface area (Å²) in [6.45, 7) is -2.37. The summed E-state index contributed by atoms with van der Waals surface area (Å²) < 4.78 is 39.2. The first-order valence-corrected chi connectivity index (χ1v) is 4.58. The van der Waals surface area contributed by atoms with Gasteiger partial charge in [-0.2, -0.15) is 13.2 Å². The predicted octanol–water partition coefficient (Wildman–Crippen LogP) is -0.871. The van der Waals surface area contributed by atoms with Crippen LogP contribution in [0.3, 0.4) is 0 Å². The van der Waals surface area contributed by atoms with E-state index in [1.54, 1.807) is 0 Å². The van der Waals surface area contributed by atoms with E-state index in [1.165, 1.54) is 0 Å². The minimum Gasteiger partial charge on any atom is -0.388 e. The topological polar surface area (TPSA) is 70.0 Å². The van der Waals surface area contributed by atoms with E-state index in [9.17, 15) is 18.0 Å². The third-order valence-electron chi connectivity index (χ3n) is 2.10. The van der Waals surface area contributed by atoms with Crippen molar-refractivity contribution in [1.82, 2.24) is 4.90 Å². The van der Waals surface area contributed by atoms with Crippen LogP contribution in [-0.4, -0.2) is 65.7 Å². The summed E-state index contributed by atoms with van der Waals surface area (Å²) in [7, 11) is 0. The number of likely N-dealkylation sites (tertiary alicyclic amines) is 1. The molecule has 1 fully saturated rings. The lowest BCUT2D eigenvalue weighted by molar-refractivity contribution is -0.177. The number of carbonyl (C=O) groups excluding carboxylic acids is 1. The molecule has 16 heavy (non-hydrogen) atoms. The van der Waals surface area contributed by atoms with E-state index < -0.39 is 37.5 Å². The zero-order valence-corrected chi connectivity index (χ0v) is 8.28. The van der Waals surface area contributed by atoms with Gasteiger partial charge in [-0.15, -0.1) is 0 Å². The lowest BCUT2D eigenvalue weighted by Gasteiger charge is -2.15. The summed E-state index contributed by atoms with van der Waals surface area (Å²) in [5, 5.41) is 18.2. The second-order valence-corrected chi connectivity index (χ2v) is 3.54. The maximum Gasteiger partial charge on any atom is 0.411 e. The lowest BCUT2D eigenvalue weighted by Crippen LogP contribution is -2.34. The van der Waals surface area contributed by atoms with Gasteiger partial charge >= 0.3 is 6.18 Å². The molecule has 1 heterocycles. The average Bonchev–Trinajstić information content (AvgIpc) is 2.45. The quantitative estimate of drug-likeness (QED) is 0.676. The Morgan fingerprint density at radius 3 is 2.25 bits per heavy atom. The van der Waals surface area contributed by atoms with Crippen LogP contribution in [0.5, 0.6) is 0 Å². The number of hydrogen-bond donors (Lipinski definition) is 2. The van der Waals surface area contributed by atoms with Crippen molar-refractivity contribution in [3.8, 4) is 0 Å². The molecule has 2 N–H and O–H groups in total. The first-order valence-electron chi connectivity index (χ1n) is 4.58. The van der Waals surface area contributed by atoms with Crippen LogP contribution in [0.15, 0.2) is 0 Å². The second kappa shape index (κ2) is 4.98. The van der Waals surface area contributed by atoms with Crippen LogP contribution in [-0.2, 0) is 9.53 Å². The monoisotopic (exact) mass is 243 g/mol. The molecule has 2 atom stereocenters. The summed E-state index contributed by atoms with van der Waals surface area (Å²) in [6, 6.07) is 0. The average molecular weight is 243 g/mol. The third-order valence-corrected chi connectivity index (χ3v) is 2.10. The van der Waals surface area contributed by atoms with Gasteiger partial charge in [0.25, 0.3) is 0 Å². The van der Waals surface area contributed by atoms with Crippen LogP contribution >= 0.6 is 0 Å². The van der Waals surface area contributed by atoms with Gasteiger partial charge in [0.15, 0.2) is 0 Å². The number of carbonyl (C=O) groups is 1.